The van der Waals surface area contributed by atoms with Crippen LogP contribution in [-0.4, -0.2) is 17.7 Å². The minimum Gasteiger partial charge on any atom is -0.481 e. The van der Waals surface area contributed by atoms with Gasteiger partial charge in [0.1, 0.15) is 0 Å². The van der Waals surface area contributed by atoms with Gasteiger partial charge in [-0.25, -0.2) is 0 Å². The van der Waals surface area contributed by atoms with Crippen LogP contribution in [0.4, 0.5) is 0 Å². The largest absolute Gasteiger partial charge is 0.481 e. The van der Waals surface area contributed by atoms with E-state index in [2.05, 4.69) is 19.1 Å². The molecular formula is C17H22O3. The van der Waals surface area contributed by atoms with E-state index in [1.807, 2.05) is 24.3 Å². The van der Waals surface area contributed by atoms with E-state index in [0.29, 0.717) is 18.4 Å². The minimum absolute atomic E-state index is 0.0576. The molecule has 108 valence electrons. The van der Waals surface area contributed by atoms with Crippen molar-refractivity contribution >= 4 is 5.97 Å². The number of ether oxygens (including phenoxy) is 1. The minimum atomic E-state index is -0.802. The zero-order valence-corrected chi connectivity index (χ0v) is 11.9. The Labute approximate surface area is 120 Å². The second-order valence-electron chi connectivity index (χ2n) is 5.53. The molecule has 0 aromatic heterocycles. The highest BCUT2D eigenvalue weighted by Gasteiger charge is 2.18. The zero-order valence-electron chi connectivity index (χ0n) is 11.9. The lowest BCUT2D eigenvalue weighted by molar-refractivity contribution is -0.136. The van der Waals surface area contributed by atoms with Gasteiger partial charge < -0.3 is 9.84 Å². The van der Waals surface area contributed by atoms with Crippen molar-refractivity contribution in [2.45, 2.75) is 32.8 Å². The van der Waals surface area contributed by atoms with Crippen molar-refractivity contribution in [1.29, 1.82) is 0 Å². The fourth-order valence-electron chi connectivity index (χ4n) is 2.59. The second-order valence-corrected chi connectivity index (χ2v) is 5.53. The summed E-state index contributed by atoms with van der Waals surface area (Å²) in [6.07, 6.45) is 6.74. The predicted molar refractivity (Wildman–Crippen MR) is 78.5 cm³/mol. The lowest BCUT2D eigenvalue weighted by atomic mass is 9.85. The molecule has 2 unspecified atom stereocenters. The predicted octanol–water partition coefficient (Wildman–Crippen LogP) is 3.43. The zero-order chi connectivity index (χ0) is 14.4. The highest BCUT2D eigenvalue weighted by Crippen LogP contribution is 2.25. The molecule has 0 bridgehead atoms. The average Bonchev–Trinajstić information content (AvgIpc) is 2.42. The number of rotatable bonds is 6. The first kappa shape index (κ1) is 14.8. The van der Waals surface area contributed by atoms with Crippen molar-refractivity contribution in [3.8, 4) is 0 Å². The van der Waals surface area contributed by atoms with E-state index in [0.717, 1.165) is 30.6 Å². The number of hydrogen-bond acceptors (Lipinski definition) is 2. The van der Waals surface area contributed by atoms with Gasteiger partial charge in [0.15, 0.2) is 0 Å². The van der Waals surface area contributed by atoms with Crippen molar-refractivity contribution in [1.82, 2.24) is 0 Å². The van der Waals surface area contributed by atoms with Gasteiger partial charge in [-0.1, -0.05) is 43.3 Å². The molecular weight excluding hydrogens is 252 g/mol. The SMILES string of the molecule is CC1CC=CCC1COCc1ccccc1CC(=O)O. The van der Waals surface area contributed by atoms with Crippen LogP contribution in [0.15, 0.2) is 36.4 Å². The number of benzene rings is 1. The van der Waals surface area contributed by atoms with Crippen LogP contribution < -0.4 is 0 Å². The normalized spacial score (nSPS) is 21.9. The van der Waals surface area contributed by atoms with Gasteiger partial charge in [0.05, 0.1) is 19.6 Å². The quantitative estimate of drug-likeness (QED) is 0.808. The van der Waals surface area contributed by atoms with Crippen molar-refractivity contribution < 1.29 is 14.6 Å². The Bertz CT molecular complexity index is 479. The smallest absolute Gasteiger partial charge is 0.307 e. The molecule has 0 aliphatic heterocycles. The summed E-state index contributed by atoms with van der Waals surface area (Å²) in [5.74, 6) is 0.435. The fourth-order valence-corrected chi connectivity index (χ4v) is 2.59. The highest BCUT2D eigenvalue weighted by atomic mass is 16.5. The number of allylic oxidation sites excluding steroid dienone is 2. The summed E-state index contributed by atoms with van der Waals surface area (Å²) in [7, 11) is 0. The van der Waals surface area contributed by atoms with Crippen LogP contribution in [0.2, 0.25) is 0 Å². The molecule has 0 radical (unpaired) electrons. The lowest BCUT2D eigenvalue weighted by Crippen LogP contribution is -2.19. The van der Waals surface area contributed by atoms with E-state index >= 15 is 0 Å². The molecule has 3 heteroatoms. The van der Waals surface area contributed by atoms with Crippen molar-refractivity contribution in [2.24, 2.45) is 11.8 Å². The Hall–Kier alpha value is -1.61. The van der Waals surface area contributed by atoms with E-state index in [1.54, 1.807) is 0 Å². The summed E-state index contributed by atoms with van der Waals surface area (Å²) in [6, 6.07) is 7.60. The molecule has 1 aromatic rings. The molecule has 0 heterocycles. The molecule has 20 heavy (non-hydrogen) atoms. The van der Waals surface area contributed by atoms with Crippen LogP contribution in [0.25, 0.3) is 0 Å². The first-order valence-electron chi connectivity index (χ1n) is 7.18. The lowest BCUT2D eigenvalue weighted by Gasteiger charge is -2.25. The van der Waals surface area contributed by atoms with Gasteiger partial charge in [-0.3, -0.25) is 4.79 Å². The van der Waals surface area contributed by atoms with Gasteiger partial charge in [0, 0.05) is 0 Å². The van der Waals surface area contributed by atoms with Crippen LogP contribution in [0.3, 0.4) is 0 Å². The summed E-state index contributed by atoms with van der Waals surface area (Å²) < 4.78 is 5.83. The molecule has 3 nitrogen and oxygen atoms in total. The molecule has 0 amide bonds. The summed E-state index contributed by atoms with van der Waals surface area (Å²) in [6.45, 7) is 3.50. The van der Waals surface area contributed by atoms with Crippen LogP contribution in [0, 0.1) is 11.8 Å². The molecule has 0 saturated carbocycles. The van der Waals surface area contributed by atoms with E-state index in [4.69, 9.17) is 9.84 Å². The van der Waals surface area contributed by atoms with Crippen LogP contribution >= 0.6 is 0 Å². The van der Waals surface area contributed by atoms with Crippen molar-refractivity contribution in [3.63, 3.8) is 0 Å². The summed E-state index contributed by atoms with van der Waals surface area (Å²) >= 11 is 0. The number of hydrogen-bond donors (Lipinski definition) is 1. The molecule has 1 aliphatic rings. The molecule has 1 aliphatic carbocycles. The van der Waals surface area contributed by atoms with Gasteiger partial charge in [0.25, 0.3) is 0 Å². The molecule has 2 atom stereocenters. The van der Waals surface area contributed by atoms with Crippen molar-refractivity contribution in [2.75, 3.05) is 6.61 Å². The molecule has 2 rings (SSSR count). The van der Waals surface area contributed by atoms with Crippen LogP contribution in [0.1, 0.15) is 30.9 Å². The summed E-state index contributed by atoms with van der Waals surface area (Å²) in [5.41, 5.74) is 1.82. The second kappa shape index (κ2) is 7.25. The van der Waals surface area contributed by atoms with Crippen LogP contribution in [-0.2, 0) is 22.6 Å². The van der Waals surface area contributed by atoms with Gasteiger partial charge in [0.2, 0.25) is 0 Å². The van der Waals surface area contributed by atoms with Crippen LogP contribution in [0.5, 0.6) is 0 Å². The molecule has 1 N–H and O–H groups in total. The summed E-state index contributed by atoms with van der Waals surface area (Å²) in [5, 5.41) is 8.91. The maximum Gasteiger partial charge on any atom is 0.307 e. The Morgan fingerprint density at radius 3 is 2.65 bits per heavy atom. The first-order chi connectivity index (χ1) is 9.66. The van der Waals surface area contributed by atoms with Gasteiger partial charge in [-0.05, 0) is 35.8 Å². The van der Waals surface area contributed by atoms with Crippen molar-refractivity contribution in [3.05, 3.63) is 47.5 Å². The third kappa shape index (κ3) is 4.20. The summed E-state index contributed by atoms with van der Waals surface area (Å²) in [4.78, 5) is 10.8. The topological polar surface area (TPSA) is 46.5 Å². The Kier molecular flexibility index (Phi) is 5.36. The maximum atomic E-state index is 10.8. The molecule has 0 spiro atoms. The number of carbonyl (C=O) groups is 1. The third-order valence-electron chi connectivity index (χ3n) is 3.97. The average molecular weight is 274 g/mol. The first-order valence-corrected chi connectivity index (χ1v) is 7.18. The van der Waals surface area contributed by atoms with Gasteiger partial charge in [-0.15, -0.1) is 0 Å². The van der Waals surface area contributed by atoms with Gasteiger partial charge >= 0.3 is 5.97 Å². The van der Waals surface area contributed by atoms with E-state index < -0.39 is 5.97 Å². The fraction of sp³-hybridized carbons (Fsp3) is 0.471. The Morgan fingerprint density at radius 2 is 1.95 bits per heavy atom. The van der Waals surface area contributed by atoms with E-state index in [1.165, 1.54) is 0 Å². The highest BCUT2D eigenvalue weighted by molar-refractivity contribution is 5.70. The number of aliphatic carboxylic acids is 1. The monoisotopic (exact) mass is 274 g/mol. The molecule has 0 fully saturated rings. The maximum absolute atomic E-state index is 10.8. The standard InChI is InChI=1S/C17H22O3/c1-13-6-2-3-8-15(13)11-20-12-16-9-5-4-7-14(16)10-17(18)19/h2-5,7,9,13,15H,6,8,10-12H2,1H3,(H,18,19). The third-order valence-corrected chi connectivity index (χ3v) is 3.97. The van der Waals surface area contributed by atoms with E-state index in [9.17, 15) is 4.79 Å². The number of carboxylic acids is 1. The Balaban J connectivity index is 1.87. The molecule has 0 saturated heterocycles. The number of carboxylic acid groups (broad SMARTS) is 1. The van der Waals surface area contributed by atoms with E-state index in [-0.39, 0.29) is 6.42 Å². The molecule has 1 aromatic carbocycles. The Morgan fingerprint density at radius 1 is 1.25 bits per heavy atom. The van der Waals surface area contributed by atoms with Gasteiger partial charge in [-0.2, -0.15) is 0 Å².